The van der Waals surface area contributed by atoms with Gasteiger partial charge in [-0.2, -0.15) is 0 Å². The number of carbonyl (C=O) groups is 3. The summed E-state index contributed by atoms with van der Waals surface area (Å²) in [5.74, 6) is -7.04. The van der Waals surface area contributed by atoms with E-state index in [1.54, 1.807) is 12.1 Å². The summed E-state index contributed by atoms with van der Waals surface area (Å²) < 4.78 is 31.1. The summed E-state index contributed by atoms with van der Waals surface area (Å²) in [6.07, 6.45) is -0.741. The molecule has 1 aromatic carbocycles. The van der Waals surface area contributed by atoms with Gasteiger partial charge in [-0.15, -0.1) is 0 Å². The molecule has 6 nitrogen and oxygen atoms in total. The number of amides is 2. The van der Waals surface area contributed by atoms with E-state index in [0.29, 0.717) is 5.06 Å². The van der Waals surface area contributed by atoms with Crippen LogP contribution in [0.15, 0.2) is 24.3 Å². The minimum Gasteiger partial charge on any atom is -0.374 e. The predicted octanol–water partition coefficient (Wildman–Crippen LogP) is 1.41. The van der Waals surface area contributed by atoms with Crippen LogP contribution in [0.3, 0.4) is 0 Å². The summed E-state index contributed by atoms with van der Waals surface area (Å²) in [6.45, 7) is -0.999. The Bertz CT molecular complexity index is 625. The summed E-state index contributed by atoms with van der Waals surface area (Å²) in [7, 11) is 0. The lowest BCUT2D eigenvalue weighted by molar-refractivity contribution is -0.191. The van der Waals surface area contributed by atoms with Crippen LogP contribution in [0.2, 0.25) is 0 Å². The Balaban J connectivity index is 1.73. The van der Waals surface area contributed by atoms with Crippen LogP contribution in [0.4, 0.5) is 8.78 Å². The lowest BCUT2D eigenvalue weighted by Crippen LogP contribution is -2.42. The average Bonchev–Trinajstić information content (AvgIpc) is 2.72. The van der Waals surface area contributed by atoms with Crippen molar-refractivity contribution < 1.29 is 32.7 Å². The Kier molecular flexibility index (Phi) is 3.40. The van der Waals surface area contributed by atoms with Gasteiger partial charge < -0.3 is 9.57 Å². The highest BCUT2D eigenvalue weighted by molar-refractivity contribution is 6.20. The van der Waals surface area contributed by atoms with Crippen LogP contribution in [-0.4, -0.2) is 42.0 Å². The van der Waals surface area contributed by atoms with Gasteiger partial charge >= 0.3 is 5.97 Å². The number of imide groups is 1. The van der Waals surface area contributed by atoms with Crippen molar-refractivity contribution in [3.63, 3.8) is 0 Å². The molecule has 22 heavy (non-hydrogen) atoms. The molecule has 2 aliphatic heterocycles. The fourth-order valence-corrected chi connectivity index (χ4v) is 2.39. The van der Waals surface area contributed by atoms with Crippen LogP contribution in [0, 0.1) is 5.92 Å². The van der Waals surface area contributed by atoms with Crippen LogP contribution in [0.1, 0.15) is 27.1 Å². The zero-order valence-corrected chi connectivity index (χ0v) is 11.3. The number of alkyl halides is 2. The molecule has 2 amide bonds. The average molecular weight is 311 g/mol. The zero-order chi connectivity index (χ0) is 15.9. The van der Waals surface area contributed by atoms with Gasteiger partial charge in [-0.1, -0.05) is 17.2 Å². The van der Waals surface area contributed by atoms with Crippen molar-refractivity contribution in [1.29, 1.82) is 0 Å². The maximum absolute atomic E-state index is 13.2. The summed E-state index contributed by atoms with van der Waals surface area (Å²) in [5.41, 5.74) is 0.205. The SMILES string of the molecule is O=C(ON1C(=O)c2ccccc2C1=O)C1COCC(F)(F)C1. The third-order valence-electron chi connectivity index (χ3n) is 3.45. The van der Waals surface area contributed by atoms with Gasteiger partial charge in [-0.25, -0.2) is 13.6 Å². The molecule has 3 rings (SSSR count). The summed E-state index contributed by atoms with van der Waals surface area (Å²) in [6, 6.07) is 5.96. The van der Waals surface area contributed by atoms with Crippen LogP contribution in [0.5, 0.6) is 0 Å². The number of carbonyl (C=O) groups excluding carboxylic acids is 3. The number of hydrogen-bond acceptors (Lipinski definition) is 5. The maximum Gasteiger partial charge on any atom is 0.338 e. The molecule has 1 saturated heterocycles. The van der Waals surface area contributed by atoms with E-state index in [1.807, 2.05) is 0 Å². The van der Waals surface area contributed by atoms with E-state index in [9.17, 15) is 23.2 Å². The van der Waals surface area contributed by atoms with E-state index < -0.39 is 42.7 Å². The number of rotatable bonds is 2. The van der Waals surface area contributed by atoms with E-state index in [2.05, 4.69) is 4.74 Å². The fraction of sp³-hybridized carbons (Fsp3) is 0.357. The fourth-order valence-electron chi connectivity index (χ4n) is 2.39. The molecule has 8 heteroatoms. The van der Waals surface area contributed by atoms with Gasteiger partial charge in [0.1, 0.15) is 6.61 Å². The molecule has 1 aromatic rings. The Labute approximate surface area is 123 Å². The van der Waals surface area contributed by atoms with Crippen molar-refractivity contribution >= 4 is 17.8 Å². The minimum atomic E-state index is -3.13. The second-order valence-corrected chi connectivity index (χ2v) is 5.13. The minimum absolute atomic E-state index is 0.102. The molecule has 116 valence electrons. The van der Waals surface area contributed by atoms with Crippen LogP contribution in [-0.2, 0) is 14.4 Å². The van der Waals surface area contributed by atoms with Crippen molar-refractivity contribution in [2.45, 2.75) is 12.3 Å². The highest BCUT2D eigenvalue weighted by Crippen LogP contribution is 2.30. The predicted molar refractivity (Wildman–Crippen MR) is 66.9 cm³/mol. The van der Waals surface area contributed by atoms with Gasteiger partial charge in [0.05, 0.1) is 23.7 Å². The van der Waals surface area contributed by atoms with Gasteiger partial charge in [-0.05, 0) is 12.1 Å². The largest absolute Gasteiger partial charge is 0.374 e. The van der Waals surface area contributed by atoms with Crippen molar-refractivity contribution in [1.82, 2.24) is 5.06 Å². The molecule has 0 N–H and O–H groups in total. The van der Waals surface area contributed by atoms with Gasteiger partial charge in [0.25, 0.3) is 17.7 Å². The van der Waals surface area contributed by atoms with Gasteiger partial charge in [-0.3, -0.25) is 9.59 Å². The summed E-state index contributed by atoms with van der Waals surface area (Å²) in [4.78, 5) is 40.6. The molecule has 0 radical (unpaired) electrons. The molecule has 0 spiro atoms. The van der Waals surface area contributed by atoms with Crippen molar-refractivity contribution in [2.24, 2.45) is 5.92 Å². The van der Waals surface area contributed by atoms with Crippen LogP contribution < -0.4 is 0 Å². The molecule has 0 bridgehead atoms. The molecular weight excluding hydrogens is 300 g/mol. The highest BCUT2D eigenvalue weighted by Gasteiger charge is 2.44. The molecule has 1 atom stereocenters. The number of halogens is 2. The molecule has 1 unspecified atom stereocenters. The Morgan fingerprint density at radius 3 is 2.36 bits per heavy atom. The van der Waals surface area contributed by atoms with Crippen molar-refractivity contribution in [2.75, 3.05) is 13.2 Å². The quantitative estimate of drug-likeness (QED) is 0.772. The van der Waals surface area contributed by atoms with E-state index in [4.69, 9.17) is 4.84 Å². The second kappa shape index (κ2) is 5.13. The Morgan fingerprint density at radius 1 is 1.23 bits per heavy atom. The third-order valence-corrected chi connectivity index (χ3v) is 3.45. The molecule has 2 heterocycles. The second-order valence-electron chi connectivity index (χ2n) is 5.13. The van der Waals surface area contributed by atoms with Gasteiger partial charge in [0.2, 0.25) is 0 Å². The van der Waals surface area contributed by atoms with E-state index in [1.165, 1.54) is 12.1 Å². The van der Waals surface area contributed by atoms with Gasteiger partial charge in [0.15, 0.2) is 0 Å². The first-order valence-corrected chi connectivity index (χ1v) is 6.54. The third kappa shape index (κ3) is 2.45. The van der Waals surface area contributed by atoms with Crippen LogP contribution >= 0.6 is 0 Å². The first-order valence-electron chi connectivity index (χ1n) is 6.54. The maximum atomic E-state index is 13.2. The number of ether oxygens (including phenoxy) is 1. The number of benzene rings is 1. The first-order chi connectivity index (χ1) is 10.4. The van der Waals surface area contributed by atoms with Gasteiger partial charge in [0, 0.05) is 6.42 Å². The van der Waals surface area contributed by atoms with E-state index >= 15 is 0 Å². The summed E-state index contributed by atoms with van der Waals surface area (Å²) in [5, 5.41) is 0.305. The lowest BCUT2D eigenvalue weighted by atomic mass is 10.00. The number of fused-ring (bicyclic) bond motifs is 1. The van der Waals surface area contributed by atoms with E-state index in [0.717, 1.165) is 0 Å². The molecule has 2 aliphatic rings. The summed E-state index contributed by atoms with van der Waals surface area (Å²) >= 11 is 0. The standard InChI is InChI=1S/C14H11F2NO5/c15-14(16)5-8(6-21-7-14)13(20)22-17-11(18)9-3-1-2-4-10(9)12(17)19/h1-4,8H,5-7H2. The number of nitrogens with zero attached hydrogens (tertiary/aromatic N) is 1. The highest BCUT2D eigenvalue weighted by atomic mass is 19.3. The molecule has 0 aliphatic carbocycles. The smallest absolute Gasteiger partial charge is 0.338 e. The number of hydroxylamine groups is 2. The Morgan fingerprint density at radius 2 is 1.82 bits per heavy atom. The molecule has 0 saturated carbocycles. The molecular formula is C14H11F2NO5. The Hall–Kier alpha value is -2.35. The first kappa shape index (κ1) is 14.6. The lowest BCUT2D eigenvalue weighted by Gasteiger charge is -2.28. The zero-order valence-electron chi connectivity index (χ0n) is 11.3. The number of hydrogen-bond donors (Lipinski definition) is 0. The van der Waals surface area contributed by atoms with E-state index in [-0.39, 0.29) is 17.7 Å². The van der Waals surface area contributed by atoms with Crippen LogP contribution in [0.25, 0.3) is 0 Å². The molecule has 0 aromatic heterocycles. The monoisotopic (exact) mass is 311 g/mol. The van der Waals surface area contributed by atoms with Crippen molar-refractivity contribution in [3.05, 3.63) is 35.4 Å². The molecule has 1 fully saturated rings. The topological polar surface area (TPSA) is 72.9 Å². The van der Waals surface area contributed by atoms with Crippen molar-refractivity contribution in [3.8, 4) is 0 Å². The normalized spacial score (nSPS) is 23.4.